The maximum Gasteiger partial charge on any atom is 0.244 e. The number of hydrogen-bond donors (Lipinski definition) is 1. The van der Waals surface area contributed by atoms with Crippen molar-refractivity contribution in [2.75, 3.05) is 33.9 Å². The molecule has 1 heterocycles. The second-order valence-corrected chi connectivity index (χ2v) is 9.18. The second kappa shape index (κ2) is 8.42. The van der Waals surface area contributed by atoms with Gasteiger partial charge in [0.2, 0.25) is 21.8 Å². The van der Waals surface area contributed by atoms with Crippen LogP contribution in [-0.4, -0.2) is 39.6 Å². The summed E-state index contributed by atoms with van der Waals surface area (Å²) in [6.45, 7) is 1.83. The quantitative estimate of drug-likeness (QED) is 0.754. The first kappa shape index (κ1) is 21.1. The molecule has 2 aromatic rings. The van der Waals surface area contributed by atoms with Gasteiger partial charge in [0.1, 0.15) is 6.54 Å². The molecule has 0 saturated heterocycles. The number of fused-ring (bicyclic) bond motifs is 1. The molecule has 0 radical (unpaired) electrons. The Morgan fingerprint density at radius 1 is 1.21 bits per heavy atom. The Hall–Kier alpha value is -2.58. The van der Waals surface area contributed by atoms with E-state index in [1.807, 2.05) is 0 Å². The van der Waals surface area contributed by atoms with Crippen LogP contribution in [0.5, 0.6) is 0 Å². The fourth-order valence-electron chi connectivity index (χ4n) is 3.30. The Labute approximate surface area is 175 Å². The van der Waals surface area contributed by atoms with Crippen LogP contribution in [0, 0.1) is 6.92 Å². The maximum absolute atomic E-state index is 12.8. The zero-order chi connectivity index (χ0) is 21.2. The number of halogens is 1. The predicted octanol–water partition coefficient (Wildman–Crippen LogP) is 3.18. The molecule has 3 rings (SSSR count). The summed E-state index contributed by atoms with van der Waals surface area (Å²) in [5, 5.41) is 3.21. The lowest BCUT2D eigenvalue weighted by molar-refractivity contribution is -0.121. The monoisotopic (exact) mass is 435 g/mol. The Morgan fingerprint density at radius 2 is 1.93 bits per heavy atom. The number of carbonyl (C=O) groups excluding carboxylic acids is 2. The number of hydrogen-bond acceptors (Lipinski definition) is 4. The Morgan fingerprint density at radius 3 is 2.66 bits per heavy atom. The van der Waals surface area contributed by atoms with Crippen molar-refractivity contribution in [2.24, 2.45) is 0 Å². The van der Waals surface area contributed by atoms with Gasteiger partial charge >= 0.3 is 0 Å². The standard InChI is InChI=1S/C20H22ClN3O4S/c1-14-15(21)7-5-10-17(14)24(29(2,27)28)12-6-11-20(26)23-13-19(25)22-16-8-3-4-9-18(16)23/h3-5,7-10H,6,11-13H2,1-2H3,(H,22,25). The van der Waals surface area contributed by atoms with Gasteiger partial charge in [-0.2, -0.15) is 0 Å². The molecule has 0 spiro atoms. The van der Waals surface area contributed by atoms with Crippen LogP contribution in [0.25, 0.3) is 0 Å². The molecule has 0 atom stereocenters. The van der Waals surface area contributed by atoms with Crippen LogP contribution in [0.4, 0.5) is 17.1 Å². The number of nitrogens with one attached hydrogen (secondary N) is 1. The lowest BCUT2D eigenvalue weighted by Gasteiger charge is -2.29. The summed E-state index contributed by atoms with van der Waals surface area (Å²) in [4.78, 5) is 26.1. The zero-order valence-electron chi connectivity index (χ0n) is 16.2. The van der Waals surface area contributed by atoms with Gasteiger partial charge in [0.15, 0.2) is 0 Å². The molecule has 0 aromatic heterocycles. The van der Waals surface area contributed by atoms with Gasteiger partial charge in [0.25, 0.3) is 0 Å². The highest BCUT2D eigenvalue weighted by Gasteiger charge is 2.27. The van der Waals surface area contributed by atoms with Gasteiger partial charge in [0.05, 0.1) is 23.3 Å². The number of amides is 2. The summed E-state index contributed by atoms with van der Waals surface area (Å²) < 4.78 is 25.9. The molecule has 29 heavy (non-hydrogen) atoms. The van der Waals surface area contributed by atoms with Crippen LogP contribution in [0.2, 0.25) is 5.02 Å². The molecular formula is C20H22ClN3O4S. The molecule has 2 aromatic carbocycles. The third-order valence-corrected chi connectivity index (χ3v) is 6.32. The normalized spacial score (nSPS) is 13.6. The molecule has 154 valence electrons. The predicted molar refractivity (Wildman–Crippen MR) is 115 cm³/mol. The van der Waals surface area contributed by atoms with Gasteiger partial charge in [-0.1, -0.05) is 29.8 Å². The van der Waals surface area contributed by atoms with Crippen molar-refractivity contribution in [3.8, 4) is 0 Å². The van der Waals surface area contributed by atoms with Crippen molar-refractivity contribution in [1.82, 2.24) is 0 Å². The van der Waals surface area contributed by atoms with E-state index in [1.165, 1.54) is 9.21 Å². The van der Waals surface area contributed by atoms with Crippen LogP contribution in [-0.2, 0) is 19.6 Å². The number of anilines is 3. The molecule has 0 saturated carbocycles. The van der Waals surface area contributed by atoms with Gasteiger partial charge < -0.3 is 10.2 Å². The molecule has 2 amide bonds. The van der Waals surface area contributed by atoms with E-state index in [4.69, 9.17) is 11.6 Å². The molecule has 7 nitrogen and oxygen atoms in total. The smallest absolute Gasteiger partial charge is 0.244 e. The lowest BCUT2D eigenvalue weighted by Crippen LogP contribution is -2.42. The minimum atomic E-state index is -3.55. The van der Waals surface area contributed by atoms with E-state index >= 15 is 0 Å². The zero-order valence-corrected chi connectivity index (χ0v) is 17.8. The first-order valence-electron chi connectivity index (χ1n) is 9.10. The minimum absolute atomic E-state index is 0.0565. The van der Waals surface area contributed by atoms with Crippen molar-refractivity contribution in [3.63, 3.8) is 0 Å². The first-order chi connectivity index (χ1) is 13.7. The molecule has 0 bridgehead atoms. The molecule has 1 N–H and O–H groups in total. The van der Waals surface area contributed by atoms with Crippen molar-refractivity contribution in [1.29, 1.82) is 0 Å². The average molecular weight is 436 g/mol. The van der Waals surface area contributed by atoms with Gasteiger partial charge in [-0.3, -0.25) is 13.9 Å². The van der Waals surface area contributed by atoms with Crippen LogP contribution in [0.3, 0.4) is 0 Å². The number of sulfonamides is 1. The van der Waals surface area contributed by atoms with Gasteiger partial charge in [-0.05, 0) is 43.2 Å². The van der Waals surface area contributed by atoms with Crippen molar-refractivity contribution < 1.29 is 18.0 Å². The fraction of sp³-hybridized carbons (Fsp3) is 0.300. The van der Waals surface area contributed by atoms with Crippen molar-refractivity contribution >= 4 is 50.5 Å². The number of carbonyl (C=O) groups is 2. The molecule has 1 aliphatic rings. The van der Waals surface area contributed by atoms with Crippen molar-refractivity contribution in [2.45, 2.75) is 19.8 Å². The average Bonchev–Trinajstić information content (AvgIpc) is 2.66. The van der Waals surface area contributed by atoms with E-state index in [9.17, 15) is 18.0 Å². The third-order valence-electron chi connectivity index (χ3n) is 4.73. The van der Waals surface area contributed by atoms with Crippen LogP contribution >= 0.6 is 11.6 Å². The SMILES string of the molecule is Cc1c(Cl)cccc1N(CCCC(=O)N1CC(=O)Nc2ccccc21)S(C)(=O)=O. The number of nitrogens with zero attached hydrogens (tertiary/aromatic N) is 2. The van der Waals surface area contributed by atoms with E-state index in [2.05, 4.69) is 5.32 Å². The first-order valence-corrected chi connectivity index (χ1v) is 11.3. The summed E-state index contributed by atoms with van der Waals surface area (Å²) >= 11 is 6.14. The van der Waals surface area contributed by atoms with Crippen molar-refractivity contribution in [3.05, 3.63) is 53.1 Å². The molecule has 0 fully saturated rings. The summed E-state index contributed by atoms with van der Waals surface area (Å²) in [7, 11) is -3.55. The summed E-state index contributed by atoms with van der Waals surface area (Å²) in [6.07, 6.45) is 1.53. The maximum atomic E-state index is 12.8. The lowest BCUT2D eigenvalue weighted by atomic mass is 10.1. The van der Waals surface area contributed by atoms with E-state index in [0.29, 0.717) is 34.1 Å². The minimum Gasteiger partial charge on any atom is -0.323 e. The van der Waals surface area contributed by atoms with Gasteiger partial charge in [-0.25, -0.2) is 8.42 Å². The molecule has 1 aliphatic heterocycles. The van der Waals surface area contributed by atoms with E-state index in [1.54, 1.807) is 49.4 Å². The fourth-order valence-corrected chi connectivity index (χ4v) is 4.48. The van der Waals surface area contributed by atoms with Crippen LogP contribution in [0.15, 0.2) is 42.5 Å². The number of para-hydroxylation sites is 2. The van der Waals surface area contributed by atoms with Crippen LogP contribution in [0.1, 0.15) is 18.4 Å². The molecular weight excluding hydrogens is 414 g/mol. The Bertz CT molecular complexity index is 1060. The highest BCUT2D eigenvalue weighted by atomic mass is 35.5. The number of rotatable bonds is 6. The topological polar surface area (TPSA) is 86.8 Å². The molecule has 9 heteroatoms. The molecule has 0 aliphatic carbocycles. The van der Waals surface area contributed by atoms with E-state index in [0.717, 1.165) is 6.26 Å². The van der Waals surface area contributed by atoms with Gasteiger partial charge in [0, 0.05) is 18.0 Å². The summed E-state index contributed by atoms with van der Waals surface area (Å²) in [5.74, 6) is -0.493. The Kier molecular flexibility index (Phi) is 6.14. The second-order valence-electron chi connectivity index (χ2n) is 6.87. The van der Waals surface area contributed by atoms with E-state index in [-0.39, 0.29) is 31.3 Å². The number of benzene rings is 2. The largest absolute Gasteiger partial charge is 0.323 e. The van der Waals surface area contributed by atoms with Gasteiger partial charge in [-0.15, -0.1) is 0 Å². The third kappa shape index (κ3) is 4.71. The van der Waals surface area contributed by atoms with Crippen LogP contribution < -0.4 is 14.5 Å². The highest BCUT2D eigenvalue weighted by Crippen LogP contribution is 2.30. The summed E-state index contributed by atoms with van der Waals surface area (Å²) in [5.41, 5.74) is 2.38. The van der Waals surface area contributed by atoms with E-state index < -0.39 is 10.0 Å². The molecule has 0 unspecified atom stereocenters. The summed E-state index contributed by atoms with van der Waals surface area (Å²) in [6, 6.07) is 12.2. The highest BCUT2D eigenvalue weighted by molar-refractivity contribution is 7.92. The Balaban J connectivity index is 1.73.